The summed E-state index contributed by atoms with van der Waals surface area (Å²) in [4.78, 5) is 23.2. The van der Waals surface area contributed by atoms with Gasteiger partial charge in [-0.15, -0.1) is 11.8 Å². The van der Waals surface area contributed by atoms with E-state index >= 15 is 0 Å². The SMILES string of the molecule is CCN[C@@H]1Cc2ccc(SC(C)(C)C(C)=O)cc2C1.C[C@H](Oc1ccc(O)cc1)C(=O)O. The number of nitrogens with one attached hydrogen (secondary N) is 1. The molecule has 7 heteroatoms. The van der Waals surface area contributed by atoms with E-state index in [4.69, 9.17) is 14.9 Å². The minimum absolute atomic E-state index is 0.121. The first kappa shape index (κ1) is 25.7. The van der Waals surface area contributed by atoms with Crippen molar-refractivity contribution in [1.29, 1.82) is 0 Å². The Balaban J connectivity index is 0.000000244. The van der Waals surface area contributed by atoms with E-state index in [0.29, 0.717) is 11.8 Å². The van der Waals surface area contributed by atoms with Crippen LogP contribution >= 0.6 is 11.8 Å². The fraction of sp³-hybridized carbons (Fsp3) is 0.440. The van der Waals surface area contributed by atoms with Crippen molar-refractivity contribution in [3.8, 4) is 11.5 Å². The molecule has 3 rings (SSSR count). The molecule has 0 unspecified atom stereocenters. The number of benzene rings is 2. The quantitative estimate of drug-likeness (QED) is 0.501. The van der Waals surface area contributed by atoms with Crippen LogP contribution in [0.25, 0.3) is 0 Å². The Labute approximate surface area is 194 Å². The maximum Gasteiger partial charge on any atom is 0.344 e. The lowest BCUT2D eigenvalue weighted by molar-refractivity contribution is -0.144. The molecule has 0 aliphatic heterocycles. The van der Waals surface area contributed by atoms with Crippen LogP contribution in [-0.2, 0) is 22.4 Å². The van der Waals surface area contributed by atoms with Crippen LogP contribution in [0.5, 0.6) is 11.5 Å². The highest BCUT2D eigenvalue weighted by atomic mass is 32.2. The molecule has 0 fully saturated rings. The third-order valence-corrected chi connectivity index (χ3v) is 6.61. The summed E-state index contributed by atoms with van der Waals surface area (Å²) in [7, 11) is 0. The number of ether oxygens (including phenoxy) is 1. The van der Waals surface area contributed by atoms with Crippen LogP contribution in [0.2, 0.25) is 0 Å². The van der Waals surface area contributed by atoms with Gasteiger partial charge in [-0.2, -0.15) is 0 Å². The summed E-state index contributed by atoms with van der Waals surface area (Å²) in [6.45, 7) is 10.3. The fourth-order valence-electron chi connectivity index (χ4n) is 3.24. The maximum absolute atomic E-state index is 11.6. The maximum atomic E-state index is 11.6. The molecular formula is C25H33NO5S. The van der Waals surface area contributed by atoms with Crippen molar-refractivity contribution in [2.45, 2.75) is 69.2 Å². The number of Topliss-reactive ketones (excluding diaryl/α,β-unsaturated/α-hetero) is 1. The van der Waals surface area contributed by atoms with Crippen LogP contribution in [0.1, 0.15) is 45.7 Å². The molecule has 1 aliphatic rings. The summed E-state index contributed by atoms with van der Waals surface area (Å²) in [5.74, 6) is -0.250. The first-order valence-electron chi connectivity index (χ1n) is 10.8. The first-order chi connectivity index (χ1) is 15.0. The molecule has 2 aromatic rings. The van der Waals surface area contributed by atoms with E-state index in [2.05, 4.69) is 30.4 Å². The zero-order chi connectivity index (χ0) is 23.9. The Hall–Kier alpha value is -2.51. The highest BCUT2D eigenvalue weighted by Gasteiger charge is 2.26. The van der Waals surface area contributed by atoms with Crippen molar-refractivity contribution in [2.24, 2.45) is 0 Å². The number of carboxylic acid groups (broad SMARTS) is 1. The predicted octanol–water partition coefficient (Wildman–Crippen LogP) is 4.47. The van der Waals surface area contributed by atoms with Gasteiger partial charge in [0.25, 0.3) is 0 Å². The molecule has 174 valence electrons. The van der Waals surface area contributed by atoms with Crippen LogP contribution in [-0.4, -0.2) is 45.4 Å². The van der Waals surface area contributed by atoms with Gasteiger partial charge in [0.05, 0.1) is 4.75 Å². The molecule has 0 saturated carbocycles. The number of carboxylic acids is 1. The number of carbonyl (C=O) groups is 2. The smallest absolute Gasteiger partial charge is 0.344 e. The van der Waals surface area contributed by atoms with E-state index in [-0.39, 0.29) is 16.3 Å². The molecule has 2 atom stereocenters. The minimum Gasteiger partial charge on any atom is -0.508 e. The lowest BCUT2D eigenvalue weighted by Crippen LogP contribution is -2.28. The van der Waals surface area contributed by atoms with Crippen LogP contribution in [0.3, 0.4) is 0 Å². The van der Waals surface area contributed by atoms with Crippen LogP contribution in [0.15, 0.2) is 47.4 Å². The van der Waals surface area contributed by atoms with Crippen molar-refractivity contribution in [3.05, 3.63) is 53.6 Å². The number of phenolic OH excluding ortho intramolecular Hbond substituents is 1. The van der Waals surface area contributed by atoms with E-state index in [0.717, 1.165) is 19.4 Å². The number of fused-ring (bicyclic) bond motifs is 1. The highest BCUT2D eigenvalue weighted by Crippen LogP contribution is 2.35. The average molecular weight is 460 g/mol. The number of hydrogen-bond donors (Lipinski definition) is 3. The second-order valence-electron chi connectivity index (χ2n) is 8.35. The van der Waals surface area contributed by atoms with Crippen molar-refractivity contribution in [2.75, 3.05) is 6.54 Å². The molecule has 6 nitrogen and oxygen atoms in total. The van der Waals surface area contributed by atoms with Gasteiger partial charge < -0.3 is 20.3 Å². The third kappa shape index (κ3) is 7.57. The van der Waals surface area contributed by atoms with Crippen LogP contribution in [0.4, 0.5) is 0 Å². The summed E-state index contributed by atoms with van der Waals surface area (Å²) in [5, 5.41) is 21.0. The molecule has 0 radical (unpaired) electrons. The summed E-state index contributed by atoms with van der Waals surface area (Å²) >= 11 is 1.66. The number of aliphatic carboxylic acids is 1. The van der Waals surface area contributed by atoms with Gasteiger partial charge in [-0.25, -0.2) is 4.79 Å². The van der Waals surface area contributed by atoms with E-state index in [9.17, 15) is 9.59 Å². The number of ketones is 1. The van der Waals surface area contributed by atoms with Gasteiger partial charge in [0.1, 0.15) is 17.3 Å². The zero-order valence-corrected chi connectivity index (χ0v) is 20.2. The van der Waals surface area contributed by atoms with Gasteiger partial charge in [-0.1, -0.05) is 13.0 Å². The van der Waals surface area contributed by atoms with Crippen LogP contribution < -0.4 is 10.1 Å². The van der Waals surface area contributed by atoms with E-state index in [1.807, 2.05) is 13.8 Å². The molecule has 0 saturated heterocycles. The number of phenols is 1. The summed E-state index contributed by atoms with van der Waals surface area (Å²) in [6, 6.07) is 13.1. The monoisotopic (exact) mass is 459 g/mol. The Morgan fingerprint density at radius 3 is 2.34 bits per heavy atom. The van der Waals surface area contributed by atoms with E-state index in [1.54, 1.807) is 18.7 Å². The summed E-state index contributed by atoms with van der Waals surface area (Å²) < 4.78 is 4.68. The van der Waals surface area contributed by atoms with Gasteiger partial charge >= 0.3 is 5.97 Å². The largest absolute Gasteiger partial charge is 0.508 e. The normalized spacial score (nSPS) is 15.8. The third-order valence-electron chi connectivity index (χ3n) is 5.32. The average Bonchev–Trinajstić information content (AvgIpc) is 3.11. The topological polar surface area (TPSA) is 95.9 Å². The number of aromatic hydroxyl groups is 1. The number of likely N-dealkylation sites (N-methyl/N-ethyl adjacent to an activating group) is 1. The Morgan fingerprint density at radius 1 is 1.16 bits per heavy atom. The molecule has 2 aromatic carbocycles. The number of thioether (sulfide) groups is 1. The summed E-state index contributed by atoms with van der Waals surface area (Å²) in [5.41, 5.74) is 2.89. The molecule has 3 N–H and O–H groups in total. The van der Waals surface area contributed by atoms with Crippen molar-refractivity contribution in [3.63, 3.8) is 0 Å². The Kier molecular flexibility index (Phi) is 9.16. The first-order valence-corrected chi connectivity index (χ1v) is 11.6. The van der Waals surface area contributed by atoms with Gasteiger partial charge in [0, 0.05) is 10.9 Å². The lowest BCUT2D eigenvalue weighted by Gasteiger charge is -2.20. The van der Waals surface area contributed by atoms with Crippen molar-refractivity contribution < 1.29 is 24.5 Å². The number of rotatable bonds is 8. The molecule has 32 heavy (non-hydrogen) atoms. The Bertz CT molecular complexity index is 926. The molecule has 0 heterocycles. The molecule has 0 spiro atoms. The van der Waals surface area contributed by atoms with Crippen LogP contribution in [0, 0.1) is 0 Å². The van der Waals surface area contributed by atoms with Crippen molar-refractivity contribution in [1.82, 2.24) is 5.32 Å². The van der Waals surface area contributed by atoms with E-state index < -0.39 is 12.1 Å². The number of carbonyl (C=O) groups excluding carboxylic acids is 1. The summed E-state index contributed by atoms with van der Waals surface area (Å²) in [6.07, 6.45) is 1.35. The minimum atomic E-state index is -1.02. The van der Waals surface area contributed by atoms with Crippen molar-refractivity contribution >= 4 is 23.5 Å². The Morgan fingerprint density at radius 2 is 1.78 bits per heavy atom. The van der Waals surface area contributed by atoms with E-state index in [1.165, 1.54) is 47.2 Å². The molecule has 0 bridgehead atoms. The second-order valence-corrected chi connectivity index (χ2v) is 10.1. The molecule has 1 aliphatic carbocycles. The van der Waals surface area contributed by atoms with Gasteiger partial charge in [-0.3, -0.25) is 4.79 Å². The standard InChI is InChI=1S/C16H23NOS.C9H10O4/c1-5-17-14-8-12-6-7-15(10-13(12)9-14)19-16(3,4)11(2)18;1-6(9(11)12)13-8-4-2-7(10)3-5-8/h6-7,10,14,17H,5,8-9H2,1-4H3;2-6,10H,1H3,(H,11,12)/t14-;6-/m10/s1. The lowest BCUT2D eigenvalue weighted by atomic mass is 10.1. The second kappa shape index (κ2) is 11.4. The molecule has 0 aromatic heterocycles. The number of hydrogen-bond acceptors (Lipinski definition) is 6. The van der Waals surface area contributed by atoms with Gasteiger partial charge in [0.15, 0.2) is 6.10 Å². The predicted molar refractivity (Wildman–Crippen MR) is 128 cm³/mol. The highest BCUT2D eigenvalue weighted by molar-refractivity contribution is 8.01. The molecule has 0 amide bonds. The molecular weight excluding hydrogens is 426 g/mol. The van der Waals surface area contributed by atoms with Gasteiger partial charge in [-0.05, 0) is 94.6 Å². The van der Waals surface area contributed by atoms with Gasteiger partial charge in [0.2, 0.25) is 0 Å². The fourth-order valence-corrected chi connectivity index (χ4v) is 4.31. The zero-order valence-electron chi connectivity index (χ0n) is 19.3.